The maximum absolute atomic E-state index is 10.3. The van der Waals surface area contributed by atoms with Crippen molar-refractivity contribution in [2.45, 2.75) is 89.8 Å². The first-order valence-electron chi connectivity index (χ1n) is 8.92. The molecule has 132 valence electrons. The van der Waals surface area contributed by atoms with E-state index in [9.17, 15) is 10.2 Å². The molecule has 2 rings (SSSR count). The van der Waals surface area contributed by atoms with Gasteiger partial charge >= 0.3 is 0 Å². The number of hydrogen-bond acceptors (Lipinski definition) is 3. The van der Waals surface area contributed by atoms with Crippen LogP contribution in [0.4, 0.5) is 0 Å². The highest BCUT2D eigenvalue weighted by Gasteiger charge is 2.51. The molecule has 0 aliphatic heterocycles. The van der Waals surface area contributed by atoms with Crippen LogP contribution >= 0.6 is 0 Å². The fraction of sp³-hybridized carbons (Fsp3) is 0.789. The largest absolute Gasteiger partial charge is 0.413 e. The Kier molecular flexibility index (Phi) is 5.32. The second-order valence-corrected chi connectivity index (χ2v) is 13.5. The number of fused-ring (bicyclic) bond motifs is 1. The Hall–Kier alpha value is -0.423. The molecule has 0 aromatic carbocycles. The van der Waals surface area contributed by atoms with Crippen molar-refractivity contribution in [3.05, 3.63) is 23.8 Å². The maximum atomic E-state index is 10.3. The molecule has 1 saturated carbocycles. The molecular weight excluding hydrogens is 304 g/mol. The average Bonchev–Trinajstić information content (AvgIpc) is 2.41. The van der Waals surface area contributed by atoms with E-state index in [0.29, 0.717) is 6.42 Å². The van der Waals surface area contributed by atoms with Crippen LogP contribution in [0, 0.1) is 5.41 Å². The molecule has 23 heavy (non-hydrogen) atoms. The normalized spacial score (nSPS) is 36.0. The average molecular weight is 339 g/mol. The summed E-state index contributed by atoms with van der Waals surface area (Å²) in [6.07, 6.45) is 8.49. The molecule has 0 saturated heterocycles. The van der Waals surface area contributed by atoms with Crippen molar-refractivity contribution in [2.24, 2.45) is 5.41 Å². The summed E-state index contributed by atoms with van der Waals surface area (Å²) in [4.78, 5) is 0. The van der Waals surface area contributed by atoms with E-state index in [1.807, 2.05) is 13.0 Å². The van der Waals surface area contributed by atoms with Gasteiger partial charge < -0.3 is 14.6 Å². The zero-order valence-electron chi connectivity index (χ0n) is 15.6. The van der Waals surface area contributed by atoms with Gasteiger partial charge in [0, 0.05) is 5.41 Å². The first kappa shape index (κ1) is 18.9. The summed E-state index contributed by atoms with van der Waals surface area (Å²) in [7, 11) is -1.89. The molecule has 0 spiro atoms. The van der Waals surface area contributed by atoms with Crippen molar-refractivity contribution in [1.82, 2.24) is 0 Å². The van der Waals surface area contributed by atoms with Crippen molar-refractivity contribution >= 4 is 8.32 Å². The minimum absolute atomic E-state index is 0.0988. The number of hydrogen-bond donors (Lipinski definition) is 2. The van der Waals surface area contributed by atoms with Crippen LogP contribution in [0.2, 0.25) is 18.1 Å². The predicted octanol–water partition coefficient (Wildman–Crippen LogP) is 4.18. The second kappa shape index (κ2) is 6.47. The smallest absolute Gasteiger partial charge is 0.192 e. The van der Waals surface area contributed by atoms with Gasteiger partial charge in [0.2, 0.25) is 0 Å². The molecule has 2 aliphatic carbocycles. The molecule has 0 amide bonds. The zero-order chi connectivity index (χ0) is 17.5. The topological polar surface area (TPSA) is 49.7 Å². The lowest BCUT2D eigenvalue weighted by Gasteiger charge is -2.52. The molecule has 0 radical (unpaired) electrons. The van der Waals surface area contributed by atoms with Gasteiger partial charge in [-0.05, 0) is 50.7 Å². The molecule has 1 fully saturated rings. The van der Waals surface area contributed by atoms with Crippen molar-refractivity contribution in [3.63, 3.8) is 0 Å². The van der Waals surface area contributed by atoms with E-state index >= 15 is 0 Å². The van der Waals surface area contributed by atoms with E-state index in [-0.39, 0.29) is 16.6 Å². The van der Waals surface area contributed by atoms with E-state index in [0.717, 1.165) is 19.3 Å². The summed E-state index contributed by atoms with van der Waals surface area (Å²) in [6, 6.07) is 0. The number of aliphatic hydroxyl groups is 2. The van der Waals surface area contributed by atoms with Crippen molar-refractivity contribution < 1.29 is 14.6 Å². The highest BCUT2D eigenvalue weighted by atomic mass is 28.4. The number of rotatable bonds is 3. The molecule has 2 N–H and O–H groups in total. The summed E-state index contributed by atoms with van der Waals surface area (Å²) in [5.41, 5.74) is 1.00. The second-order valence-electron chi connectivity index (χ2n) is 8.75. The Morgan fingerprint density at radius 2 is 1.96 bits per heavy atom. The zero-order valence-corrected chi connectivity index (χ0v) is 16.6. The van der Waals surface area contributed by atoms with Gasteiger partial charge in [0.05, 0.1) is 18.3 Å². The fourth-order valence-electron chi connectivity index (χ4n) is 3.74. The standard InChI is InChI=1S/C19H34O3Si/c1-7-11-19-13-16(21)15(20)12-14(19)9-8-10-17(19)22-23(5,6)18(2,3)4/h7,11-12,15-17,20-21H,8-10,13H2,1-6H3/b11-7-/t15?,16?,17-,19-/m0/s1. The third-order valence-electron chi connectivity index (χ3n) is 6.11. The first-order chi connectivity index (χ1) is 10.5. The Morgan fingerprint density at radius 1 is 1.30 bits per heavy atom. The van der Waals surface area contributed by atoms with Crippen LogP contribution in [-0.4, -0.2) is 36.8 Å². The van der Waals surface area contributed by atoms with Crippen LogP contribution in [-0.2, 0) is 4.43 Å². The SMILES string of the molecule is C/C=C\[C@]12CC(O)C(O)C=C1CCC[C@@H]2O[Si](C)(C)C(C)(C)C. The highest BCUT2D eigenvalue weighted by Crippen LogP contribution is 2.52. The van der Waals surface area contributed by atoms with Crippen LogP contribution in [0.1, 0.15) is 53.4 Å². The molecule has 0 heterocycles. The first-order valence-corrected chi connectivity index (χ1v) is 11.8. The van der Waals surface area contributed by atoms with E-state index in [1.54, 1.807) is 0 Å². The van der Waals surface area contributed by atoms with Gasteiger partial charge in [0.25, 0.3) is 0 Å². The van der Waals surface area contributed by atoms with Gasteiger partial charge in [-0.2, -0.15) is 0 Å². The molecule has 4 atom stereocenters. The van der Waals surface area contributed by atoms with Crippen LogP contribution in [0.5, 0.6) is 0 Å². The van der Waals surface area contributed by atoms with E-state index in [2.05, 4.69) is 46.0 Å². The summed E-state index contributed by atoms with van der Waals surface area (Å²) in [5, 5.41) is 20.5. The fourth-order valence-corrected chi connectivity index (χ4v) is 5.13. The monoisotopic (exact) mass is 338 g/mol. The van der Waals surface area contributed by atoms with Crippen LogP contribution < -0.4 is 0 Å². The lowest BCUT2D eigenvalue weighted by Crippen LogP contribution is -2.53. The van der Waals surface area contributed by atoms with E-state index < -0.39 is 20.5 Å². The van der Waals surface area contributed by atoms with Gasteiger partial charge in [-0.25, -0.2) is 0 Å². The quantitative estimate of drug-likeness (QED) is 0.599. The minimum Gasteiger partial charge on any atom is -0.413 e. The van der Waals surface area contributed by atoms with Crippen LogP contribution in [0.15, 0.2) is 23.8 Å². The summed E-state index contributed by atoms with van der Waals surface area (Å²) in [5.74, 6) is 0. The minimum atomic E-state index is -1.89. The van der Waals surface area contributed by atoms with Crippen molar-refractivity contribution in [1.29, 1.82) is 0 Å². The lowest BCUT2D eigenvalue weighted by atomic mass is 9.62. The molecule has 0 bridgehead atoms. The Morgan fingerprint density at radius 3 is 2.52 bits per heavy atom. The van der Waals surface area contributed by atoms with E-state index in [1.165, 1.54) is 5.57 Å². The summed E-state index contributed by atoms with van der Waals surface area (Å²) in [6.45, 7) is 13.4. The number of aliphatic hydroxyl groups excluding tert-OH is 2. The summed E-state index contributed by atoms with van der Waals surface area (Å²) >= 11 is 0. The van der Waals surface area contributed by atoms with Gasteiger partial charge in [0.1, 0.15) is 0 Å². The van der Waals surface area contributed by atoms with Crippen molar-refractivity contribution in [3.8, 4) is 0 Å². The third kappa shape index (κ3) is 3.50. The third-order valence-corrected chi connectivity index (χ3v) is 10.6. The highest BCUT2D eigenvalue weighted by molar-refractivity contribution is 6.74. The van der Waals surface area contributed by atoms with E-state index in [4.69, 9.17) is 4.43 Å². The lowest BCUT2D eigenvalue weighted by molar-refractivity contribution is -0.0272. The van der Waals surface area contributed by atoms with Gasteiger partial charge in [0.15, 0.2) is 8.32 Å². The molecule has 0 aromatic heterocycles. The molecule has 0 aromatic rings. The molecule has 4 heteroatoms. The van der Waals surface area contributed by atoms with Crippen LogP contribution in [0.25, 0.3) is 0 Å². The maximum Gasteiger partial charge on any atom is 0.192 e. The molecule has 2 unspecified atom stereocenters. The predicted molar refractivity (Wildman–Crippen MR) is 97.9 cm³/mol. The molecule has 2 aliphatic rings. The molecular formula is C19H34O3Si. The molecule has 3 nitrogen and oxygen atoms in total. The van der Waals surface area contributed by atoms with Crippen LogP contribution in [0.3, 0.4) is 0 Å². The Bertz CT molecular complexity index is 489. The summed E-state index contributed by atoms with van der Waals surface area (Å²) < 4.78 is 6.81. The van der Waals surface area contributed by atoms with Gasteiger partial charge in [-0.1, -0.05) is 44.6 Å². The van der Waals surface area contributed by atoms with Gasteiger partial charge in [-0.15, -0.1) is 0 Å². The van der Waals surface area contributed by atoms with Crippen molar-refractivity contribution in [2.75, 3.05) is 0 Å². The Labute approximate surface area is 142 Å². The Balaban J connectivity index is 2.41. The van der Waals surface area contributed by atoms with Gasteiger partial charge in [-0.3, -0.25) is 0 Å². The number of allylic oxidation sites excluding steroid dienone is 1.